The first-order valence-electron chi connectivity index (χ1n) is 12.5. The number of aryl methyl sites for hydroxylation is 1. The number of amides is 1. The molecule has 0 atom stereocenters. The van der Waals surface area contributed by atoms with Gasteiger partial charge in [0.15, 0.2) is 11.0 Å². The zero-order chi connectivity index (χ0) is 26.9. The molecule has 1 heterocycles. The van der Waals surface area contributed by atoms with Gasteiger partial charge >= 0.3 is 0 Å². The minimum Gasteiger partial charge on any atom is -0.497 e. The van der Waals surface area contributed by atoms with Crippen molar-refractivity contribution in [3.8, 4) is 11.4 Å². The van der Waals surface area contributed by atoms with Crippen molar-refractivity contribution < 1.29 is 9.53 Å². The molecule has 0 saturated carbocycles. The molecule has 1 aromatic heterocycles. The SMILES string of the molecule is CCCCCc1ccc(C(=O)NCc2nnc(SCc3cccc(OC)c3)n2-c2ccc(Cl)cc2Cl)cc1. The fraction of sp³-hybridized carbons (Fsp3) is 0.276. The van der Waals surface area contributed by atoms with Crippen LogP contribution in [0.2, 0.25) is 10.0 Å². The van der Waals surface area contributed by atoms with Gasteiger partial charge in [-0.05, 0) is 66.4 Å². The number of aromatic nitrogens is 3. The number of carbonyl (C=O) groups is 1. The highest BCUT2D eigenvalue weighted by Gasteiger charge is 2.18. The van der Waals surface area contributed by atoms with Crippen LogP contribution in [-0.4, -0.2) is 27.8 Å². The van der Waals surface area contributed by atoms with Crippen molar-refractivity contribution in [2.45, 2.75) is 50.1 Å². The summed E-state index contributed by atoms with van der Waals surface area (Å²) in [6, 6.07) is 20.9. The number of unbranched alkanes of at least 4 members (excludes halogenated alkanes) is 2. The van der Waals surface area contributed by atoms with Gasteiger partial charge in [-0.3, -0.25) is 9.36 Å². The van der Waals surface area contributed by atoms with E-state index in [0.29, 0.717) is 38.0 Å². The number of ether oxygens (including phenoxy) is 1. The minimum absolute atomic E-state index is 0.174. The van der Waals surface area contributed by atoms with Crippen molar-refractivity contribution in [2.24, 2.45) is 0 Å². The van der Waals surface area contributed by atoms with Crippen LogP contribution in [0.5, 0.6) is 5.75 Å². The Bertz CT molecular complexity index is 1380. The number of methoxy groups -OCH3 is 1. The topological polar surface area (TPSA) is 69.0 Å². The van der Waals surface area contributed by atoms with E-state index >= 15 is 0 Å². The maximum absolute atomic E-state index is 12.9. The zero-order valence-corrected chi connectivity index (χ0v) is 23.7. The van der Waals surface area contributed by atoms with Gasteiger partial charge in [-0.25, -0.2) is 0 Å². The molecule has 0 bridgehead atoms. The van der Waals surface area contributed by atoms with Gasteiger partial charge in [0.1, 0.15) is 5.75 Å². The van der Waals surface area contributed by atoms with E-state index in [1.54, 1.807) is 19.2 Å². The Hall–Kier alpha value is -3.00. The van der Waals surface area contributed by atoms with Crippen molar-refractivity contribution in [1.29, 1.82) is 0 Å². The third-order valence-corrected chi connectivity index (χ3v) is 7.58. The Morgan fingerprint density at radius 1 is 1.00 bits per heavy atom. The molecule has 198 valence electrons. The predicted octanol–water partition coefficient (Wildman–Crippen LogP) is 7.54. The van der Waals surface area contributed by atoms with Gasteiger partial charge in [-0.15, -0.1) is 10.2 Å². The van der Waals surface area contributed by atoms with E-state index < -0.39 is 0 Å². The third-order valence-electron chi connectivity index (χ3n) is 6.05. The van der Waals surface area contributed by atoms with Crippen molar-refractivity contribution >= 4 is 40.9 Å². The maximum Gasteiger partial charge on any atom is 0.251 e. The Labute approximate surface area is 237 Å². The molecule has 9 heteroatoms. The number of halogens is 2. The maximum atomic E-state index is 12.9. The zero-order valence-electron chi connectivity index (χ0n) is 21.4. The van der Waals surface area contributed by atoms with Crippen LogP contribution in [0.3, 0.4) is 0 Å². The monoisotopic (exact) mass is 568 g/mol. The molecule has 0 saturated heterocycles. The Balaban J connectivity index is 1.51. The first-order valence-corrected chi connectivity index (χ1v) is 14.2. The van der Waals surface area contributed by atoms with E-state index in [9.17, 15) is 4.79 Å². The molecule has 1 amide bonds. The summed E-state index contributed by atoms with van der Waals surface area (Å²) in [5.41, 5.74) is 3.62. The summed E-state index contributed by atoms with van der Waals surface area (Å²) in [5, 5.41) is 13.4. The number of nitrogens with one attached hydrogen (secondary N) is 1. The predicted molar refractivity (Wildman–Crippen MR) is 155 cm³/mol. The molecule has 6 nitrogen and oxygen atoms in total. The number of rotatable bonds is 12. The Morgan fingerprint density at radius 2 is 1.82 bits per heavy atom. The van der Waals surface area contributed by atoms with Gasteiger partial charge in [-0.1, -0.05) is 79.0 Å². The van der Waals surface area contributed by atoms with Crippen LogP contribution in [0.1, 0.15) is 53.5 Å². The van der Waals surface area contributed by atoms with Crippen LogP contribution in [0, 0.1) is 0 Å². The van der Waals surface area contributed by atoms with E-state index in [1.807, 2.05) is 59.2 Å². The van der Waals surface area contributed by atoms with E-state index in [2.05, 4.69) is 22.4 Å². The lowest BCUT2D eigenvalue weighted by molar-refractivity contribution is 0.0949. The van der Waals surface area contributed by atoms with E-state index in [4.69, 9.17) is 27.9 Å². The number of benzene rings is 3. The number of carbonyl (C=O) groups excluding carboxylic acids is 1. The molecule has 0 spiro atoms. The second-order valence-electron chi connectivity index (χ2n) is 8.81. The van der Waals surface area contributed by atoms with Crippen molar-refractivity contribution in [1.82, 2.24) is 20.1 Å². The van der Waals surface area contributed by atoms with Gasteiger partial charge in [0.25, 0.3) is 5.91 Å². The molecule has 0 aliphatic carbocycles. The van der Waals surface area contributed by atoms with E-state index in [0.717, 1.165) is 24.2 Å². The van der Waals surface area contributed by atoms with Crippen LogP contribution < -0.4 is 10.1 Å². The largest absolute Gasteiger partial charge is 0.497 e. The van der Waals surface area contributed by atoms with Gasteiger partial charge in [0.05, 0.1) is 24.4 Å². The molecule has 4 rings (SSSR count). The minimum atomic E-state index is -0.174. The third kappa shape index (κ3) is 7.31. The highest BCUT2D eigenvalue weighted by atomic mass is 35.5. The van der Waals surface area contributed by atoms with Crippen molar-refractivity contribution in [3.05, 3.63) is 99.3 Å². The lowest BCUT2D eigenvalue weighted by Gasteiger charge is -2.13. The van der Waals surface area contributed by atoms with E-state index in [-0.39, 0.29) is 12.5 Å². The number of hydrogen-bond acceptors (Lipinski definition) is 5. The lowest BCUT2D eigenvalue weighted by Crippen LogP contribution is -2.24. The summed E-state index contributed by atoms with van der Waals surface area (Å²) in [6.07, 6.45) is 4.58. The fourth-order valence-corrected chi connectivity index (χ4v) is 5.39. The van der Waals surface area contributed by atoms with E-state index in [1.165, 1.54) is 30.2 Å². The van der Waals surface area contributed by atoms with Crippen LogP contribution in [0.15, 0.2) is 71.9 Å². The van der Waals surface area contributed by atoms with Crippen LogP contribution in [0.4, 0.5) is 0 Å². The first kappa shape index (κ1) is 28.0. The highest BCUT2D eigenvalue weighted by molar-refractivity contribution is 7.98. The summed E-state index contributed by atoms with van der Waals surface area (Å²) >= 11 is 14.2. The Morgan fingerprint density at radius 3 is 2.55 bits per heavy atom. The van der Waals surface area contributed by atoms with Gasteiger partial charge in [0.2, 0.25) is 0 Å². The molecular formula is C29H30Cl2N4O2S. The second kappa shape index (κ2) is 13.7. The molecule has 0 unspecified atom stereocenters. The van der Waals surface area contributed by atoms with Crippen LogP contribution in [-0.2, 0) is 18.7 Å². The second-order valence-corrected chi connectivity index (χ2v) is 10.6. The quantitative estimate of drug-likeness (QED) is 0.141. The average molecular weight is 570 g/mol. The van der Waals surface area contributed by atoms with Gasteiger partial charge < -0.3 is 10.1 Å². The summed E-state index contributed by atoms with van der Waals surface area (Å²) in [6.45, 7) is 2.38. The van der Waals surface area contributed by atoms with Crippen molar-refractivity contribution in [3.63, 3.8) is 0 Å². The molecule has 0 fully saturated rings. The van der Waals surface area contributed by atoms with Crippen molar-refractivity contribution in [2.75, 3.05) is 7.11 Å². The summed E-state index contributed by atoms with van der Waals surface area (Å²) in [5.74, 6) is 1.83. The lowest BCUT2D eigenvalue weighted by atomic mass is 10.1. The normalized spacial score (nSPS) is 10.9. The highest BCUT2D eigenvalue weighted by Crippen LogP contribution is 2.31. The molecule has 0 aliphatic heterocycles. The Kier molecular flexibility index (Phi) is 10.1. The number of hydrogen-bond donors (Lipinski definition) is 1. The molecule has 0 aliphatic rings. The fourth-order valence-electron chi connectivity index (χ4n) is 3.99. The standard InChI is InChI=1S/C29H30Cl2N4O2S/c1-3-4-5-7-20-10-12-22(13-11-20)28(36)32-18-27-33-34-29(35(27)26-15-14-23(30)17-25(26)31)38-19-21-8-6-9-24(16-21)37-2/h6,8-17H,3-5,7,18-19H2,1-2H3,(H,32,36). The van der Waals surface area contributed by atoms with Crippen LogP contribution >= 0.6 is 35.0 Å². The molecule has 3 aromatic carbocycles. The smallest absolute Gasteiger partial charge is 0.251 e. The van der Waals surface area contributed by atoms with Gasteiger partial charge in [-0.2, -0.15) is 0 Å². The summed E-state index contributed by atoms with van der Waals surface area (Å²) in [7, 11) is 1.65. The molecular weight excluding hydrogens is 539 g/mol. The molecule has 1 N–H and O–H groups in total. The number of nitrogens with zero attached hydrogens (tertiary/aromatic N) is 3. The summed E-state index contributed by atoms with van der Waals surface area (Å²) < 4.78 is 7.20. The number of thioether (sulfide) groups is 1. The van der Waals surface area contributed by atoms with Gasteiger partial charge in [0, 0.05) is 16.3 Å². The first-order chi connectivity index (χ1) is 18.5. The summed E-state index contributed by atoms with van der Waals surface area (Å²) in [4.78, 5) is 12.9. The van der Waals surface area contributed by atoms with Crippen LogP contribution in [0.25, 0.3) is 5.69 Å². The molecule has 4 aromatic rings. The molecule has 0 radical (unpaired) electrons. The molecule has 38 heavy (non-hydrogen) atoms. The average Bonchev–Trinajstić information content (AvgIpc) is 3.33.